The highest BCUT2D eigenvalue weighted by Crippen LogP contribution is 2.30. The minimum absolute atomic E-state index is 0.701. The van der Waals surface area contributed by atoms with Gasteiger partial charge in [-0.2, -0.15) is 0 Å². The van der Waals surface area contributed by atoms with Gasteiger partial charge in [0, 0.05) is 9.79 Å². The van der Waals surface area contributed by atoms with Crippen molar-refractivity contribution in [3.63, 3.8) is 0 Å². The summed E-state index contributed by atoms with van der Waals surface area (Å²) in [5.41, 5.74) is 6.95. The lowest BCUT2D eigenvalue weighted by atomic mass is 10.1. The second-order valence-corrected chi connectivity index (χ2v) is 4.68. The molecule has 1 nitrogen and oxygen atoms in total. The van der Waals surface area contributed by atoms with Crippen molar-refractivity contribution in [3.05, 3.63) is 60.2 Å². The molecule has 0 atom stereocenters. The Morgan fingerprint density at radius 1 is 0.875 bits per heavy atom. The zero-order chi connectivity index (χ0) is 11.2. The van der Waals surface area contributed by atoms with E-state index >= 15 is 0 Å². The molecule has 0 aliphatic rings. The maximum atomic E-state index is 5.61. The van der Waals surface area contributed by atoms with Gasteiger partial charge in [0.2, 0.25) is 0 Å². The second kappa shape index (κ2) is 5.73. The fourth-order valence-corrected chi connectivity index (χ4v) is 2.58. The van der Waals surface area contributed by atoms with Gasteiger partial charge in [0.05, 0.1) is 0 Å². The molecular weight excluding hydrogens is 214 g/mol. The number of hydrogen-bond acceptors (Lipinski definition) is 2. The molecule has 0 spiro atoms. The third-order valence-electron chi connectivity index (χ3n) is 2.36. The van der Waals surface area contributed by atoms with Gasteiger partial charge >= 0.3 is 0 Å². The molecule has 2 aromatic carbocycles. The maximum absolute atomic E-state index is 5.61. The van der Waals surface area contributed by atoms with E-state index in [1.165, 1.54) is 15.4 Å². The highest BCUT2D eigenvalue weighted by molar-refractivity contribution is 7.99. The van der Waals surface area contributed by atoms with Crippen molar-refractivity contribution in [2.75, 3.05) is 6.54 Å². The first-order chi connectivity index (χ1) is 7.90. The van der Waals surface area contributed by atoms with E-state index < -0.39 is 0 Å². The number of benzene rings is 2. The first-order valence-electron chi connectivity index (χ1n) is 5.41. The van der Waals surface area contributed by atoms with Crippen molar-refractivity contribution in [3.8, 4) is 0 Å². The lowest BCUT2D eigenvalue weighted by Crippen LogP contribution is -2.03. The lowest BCUT2D eigenvalue weighted by molar-refractivity contribution is 0.944. The number of hydrogen-bond donors (Lipinski definition) is 1. The number of nitrogens with two attached hydrogens (primary N) is 1. The summed E-state index contributed by atoms with van der Waals surface area (Å²) in [7, 11) is 0. The minimum atomic E-state index is 0.701. The molecule has 0 saturated carbocycles. The molecule has 2 rings (SSSR count). The fourth-order valence-electron chi connectivity index (χ4n) is 1.58. The van der Waals surface area contributed by atoms with Crippen LogP contribution in [0.1, 0.15) is 5.56 Å². The molecule has 2 heteroatoms. The van der Waals surface area contributed by atoms with Gasteiger partial charge in [-0.3, -0.25) is 0 Å². The van der Waals surface area contributed by atoms with Crippen molar-refractivity contribution in [2.45, 2.75) is 16.2 Å². The average Bonchev–Trinajstić information content (AvgIpc) is 2.33. The lowest BCUT2D eigenvalue weighted by Gasteiger charge is -2.07. The molecule has 82 valence electrons. The van der Waals surface area contributed by atoms with Crippen molar-refractivity contribution in [2.24, 2.45) is 5.73 Å². The Kier molecular flexibility index (Phi) is 4.03. The Balaban J connectivity index is 2.21. The predicted octanol–water partition coefficient (Wildman–Crippen LogP) is 3.34. The second-order valence-electron chi connectivity index (χ2n) is 3.56. The summed E-state index contributed by atoms with van der Waals surface area (Å²) in [5, 5.41) is 0. The average molecular weight is 229 g/mol. The van der Waals surface area contributed by atoms with Gasteiger partial charge in [0.25, 0.3) is 0 Å². The van der Waals surface area contributed by atoms with Gasteiger partial charge in [-0.15, -0.1) is 0 Å². The summed E-state index contributed by atoms with van der Waals surface area (Å²) in [6, 6.07) is 18.9. The Labute approximate surface area is 101 Å². The van der Waals surface area contributed by atoms with Gasteiger partial charge in [0.1, 0.15) is 0 Å². The van der Waals surface area contributed by atoms with E-state index in [0.717, 1.165) is 6.42 Å². The third-order valence-corrected chi connectivity index (χ3v) is 3.48. The molecule has 2 N–H and O–H groups in total. The molecule has 0 amide bonds. The monoisotopic (exact) mass is 229 g/mol. The maximum Gasteiger partial charge on any atom is 0.0154 e. The summed E-state index contributed by atoms with van der Waals surface area (Å²) < 4.78 is 0. The van der Waals surface area contributed by atoms with Crippen molar-refractivity contribution in [1.82, 2.24) is 0 Å². The van der Waals surface area contributed by atoms with E-state index in [1.54, 1.807) is 11.8 Å². The van der Waals surface area contributed by atoms with E-state index in [1.807, 2.05) is 6.07 Å². The van der Waals surface area contributed by atoms with Crippen LogP contribution in [0.15, 0.2) is 64.4 Å². The van der Waals surface area contributed by atoms with Crippen molar-refractivity contribution >= 4 is 11.8 Å². The topological polar surface area (TPSA) is 26.0 Å². The van der Waals surface area contributed by atoms with Crippen LogP contribution in [-0.4, -0.2) is 6.54 Å². The largest absolute Gasteiger partial charge is 0.330 e. The van der Waals surface area contributed by atoms with Gasteiger partial charge in [-0.25, -0.2) is 0 Å². The molecule has 0 radical (unpaired) electrons. The Bertz CT molecular complexity index is 439. The van der Waals surface area contributed by atoms with Crippen LogP contribution < -0.4 is 5.73 Å². The first kappa shape index (κ1) is 11.2. The zero-order valence-electron chi connectivity index (χ0n) is 9.10. The first-order valence-corrected chi connectivity index (χ1v) is 6.22. The molecule has 0 aliphatic carbocycles. The molecule has 0 aliphatic heterocycles. The fraction of sp³-hybridized carbons (Fsp3) is 0.143. The highest BCUT2D eigenvalue weighted by atomic mass is 32.2. The molecule has 0 bridgehead atoms. The SMILES string of the molecule is NCCc1ccccc1Sc1ccccc1. The summed E-state index contributed by atoms with van der Waals surface area (Å²) in [6.07, 6.45) is 0.940. The zero-order valence-corrected chi connectivity index (χ0v) is 9.91. The van der Waals surface area contributed by atoms with Crippen LogP contribution in [0.4, 0.5) is 0 Å². The van der Waals surface area contributed by atoms with Crippen molar-refractivity contribution in [1.29, 1.82) is 0 Å². The van der Waals surface area contributed by atoms with Crippen LogP contribution in [0.3, 0.4) is 0 Å². The van der Waals surface area contributed by atoms with Crippen molar-refractivity contribution < 1.29 is 0 Å². The standard InChI is InChI=1S/C14H15NS/c15-11-10-12-6-4-5-9-14(12)16-13-7-2-1-3-8-13/h1-9H,10-11,15H2. The van der Waals surface area contributed by atoms with E-state index in [0.29, 0.717) is 6.54 Å². The Morgan fingerprint density at radius 3 is 2.31 bits per heavy atom. The van der Waals surface area contributed by atoms with E-state index in [9.17, 15) is 0 Å². The number of rotatable bonds is 4. The van der Waals surface area contributed by atoms with E-state index in [2.05, 4.69) is 48.5 Å². The van der Waals surface area contributed by atoms with E-state index in [4.69, 9.17) is 5.73 Å². The normalized spacial score (nSPS) is 10.3. The van der Waals surface area contributed by atoms with Crippen LogP contribution in [0, 0.1) is 0 Å². The molecular formula is C14H15NS. The van der Waals surface area contributed by atoms with Crippen LogP contribution >= 0.6 is 11.8 Å². The summed E-state index contributed by atoms with van der Waals surface area (Å²) in [4.78, 5) is 2.58. The van der Waals surface area contributed by atoms with Crippen LogP contribution in [0.25, 0.3) is 0 Å². The molecule has 0 saturated heterocycles. The quantitative estimate of drug-likeness (QED) is 0.870. The summed E-state index contributed by atoms with van der Waals surface area (Å²) >= 11 is 1.80. The smallest absolute Gasteiger partial charge is 0.0154 e. The van der Waals surface area contributed by atoms with E-state index in [-0.39, 0.29) is 0 Å². The van der Waals surface area contributed by atoms with Gasteiger partial charge in [-0.05, 0) is 36.7 Å². The van der Waals surface area contributed by atoms with Crippen LogP contribution in [0.2, 0.25) is 0 Å². The molecule has 0 heterocycles. The Morgan fingerprint density at radius 2 is 1.56 bits per heavy atom. The molecule has 16 heavy (non-hydrogen) atoms. The summed E-state index contributed by atoms with van der Waals surface area (Å²) in [5.74, 6) is 0. The van der Waals surface area contributed by atoms with Gasteiger partial charge in [-0.1, -0.05) is 48.2 Å². The summed E-state index contributed by atoms with van der Waals surface area (Å²) in [6.45, 7) is 0.701. The van der Waals surface area contributed by atoms with Gasteiger partial charge < -0.3 is 5.73 Å². The third kappa shape index (κ3) is 2.87. The molecule has 0 unspecified atom stereocenters. The molecule has 0 aromatic heterocycles. The molecule has 0 fully saturated rings. The highest BCUT2D eigenvalue weighted by Gasteiger charge is 2.02. The van der Waals surface area contributed by atoms with Crippen LogP contribution in [0.5, 0.6) is 0 Å². The predicted molar refractivity (Wildman–Crippen MR) is 69.8 cm³/mol. The molecule has 2 aromatic rings. The van der Waals surface area contributed by atoms with Gasteiger partial charge in [0.15, 0.2) is 0 Å². The van der Waals surface area contributed by atoms with Crippen LogP contribution in [-0.2, 0) is 6.42 Å². The minimum Gasteiger partial charge on any atom is -0.330 e. The Hall–Kier alpha value is -1.25.